The number of phenolic OH excluding ortho intramolecular Hbond substituents is 1. The molecule has 168 valence electrons. The molecule has 31 heavy (non-hydrogen) atoms. The van der Waals surface area contributed by atoms with E-state index in [1.807, 2.05) is 32.9 Å². The van der Waals surface area contributed by atoms with E-state index in [1.54, 1.807) is 12.1 Å². The van der Waals surface area contributed by atoms with Crippen molar-refractivity contribution < 1.29 is 19.3 Å². The van der Waals surface area contributed by atoms with Crippen LogP contribution in [-0.2, 0) is 11.2 Å². The smallest absolute Gasteiger partial charge is 0.191 e. The molecule has 0 fully saturated rings. The van der Waals surface area contributed by atoms with Gasteiger partial charge in [0.2, 0.25) is 0 Å². The molecular weight excluding hydrogens is 394 g/mol. The molecule has 3 rings (SSSR count). The lowest BCUT2D eigenvalue weighted by Gasteiger charge is -2.38. The lowest BCUT2D eigenvalue weighted by atomic mass is 9.86. The maximum atomic E-state index is 10.3. The summed E-state index contributed by atoms with van der Waals surface area (Å²) in [6, 6.07) is 7.22. The molecule has 1 unspecified atom stereocenters. The molecule has 7 heteroatoms. The van der Waals surface area contributed by atoms with Gasteiger partial charge in [-0.1, -0.05) is 0 Å². The Morgan fingerprint density at radius 2 is 1.77 bits per heavy atom. The second-order valence-electron chi connectivity index (χ2n) is 8.32. The molecule has 0 amide bonds. The van der Waals surface area contributed by atoms with Gasteiger partial charge in [-0.2, -0.15) is 0 Å². The second kappa shape index (κ2) is 9.47. The van der Waals surface area contributed by atoms with Crippen LogP contribution in [-0.4, -0.2) is 36.5 Å². The molecule has 1 atom stereocenters. The highest BCUT2D eigenvalue weighted by Gasteiger charge is 2.34. The molecule has 0 saturated heterocycles. The summed E-state index contributed by atoms with van der Waals surface area (Å²) in [7, 11) is 0. The first-order chi connectivity index (χ1) is 14.7. The topological polar surface area (TPSA) is 112 Å². The molecule has 0 bridgehead atoms. The average Bonchev–Trinajstić information content (AvgIpc) is 2.74. The van der Waals surface area contributed by atoms with Crippen LogP contribution in [0, 0.1) is 20.8 Å². The van der Waals surface area contributed by atoms with Gasteiger partial charge in [0.05, 0.1) is 18.9 Å². The number of hydrogen-bond donors (Lipinski definition) is 3. The van der Waals surface area contributed by atoms with Crippen molar-refractivity contribution in [3.05, 3.63) is 46.5 Å². The van der Waals surface area contributed by atoms with Crippen molar-refractivity contribution in [3.63, 3.8) is 0 Å². The van der Waals surface area contributed by atoms with Crippen LogP contribution in [0.15, 0.2) is 29.3 Å². The first kappa shape index (κ1) is 22.7. The summed E-state index contributed by atoms with van der Waals surface area (Å²) >= 11 is 0. The average molecular weight is 428 g/mol. The second-order valence-corrected chi connectivity index (χ2v) is 8.32. The molecule has 2 aromatic rings. The number of guanidine groups is 1. The van der Waals surface area contributed by atoms with Crippen LogP contribution in [0.2, 0.25) is 0 Å². The van der Waals surface area contributed by atoms with Gasteiger partial charge < -0.3 is 30.8 Å². The van der Waals surface area contributed by atoms with Gasteiger partial charge in [0.25, 0.3) is 0 Å². The van der Waals surface area contributed by atoms with E-state index in [2.05, 4.69) is 11.9 Å². The van der Waals surface area contributed by atoms with Crippen LogP contribution >= 0.6 is 0 Å². The molecule has 2 aromatic carbocycles. The minimum absolute atomic E-state index is 0.0276. The number of aliphatic imine (C=N–C) groups is 1. The van der Waals surface area contributed by atoms with Gasteiger partial charge in [0.15, 0.2) is 5.96 Å². The highest BCUT2D eigenvalue weighted by atomic mass is 16.5. The highest BCUT2D eigenvalue weighted by molar-refractivity contribution is 5.79. The fraction of sp³-hybridized carbons (Fsp3) is 0.458. The minimum Gasteiger partial charge on any atom is -0.507 e. The van der Waals surface area contributed by atoms with E-state index >= 15 is 0 Å². The predicted molar refractivity (Wildman–Crippen MR) is 123 cm³/mol. The van der Waals surface area contributed by atoms with Gasteiger partial charge >= 0.3 is 0 Å². The Hall–Kier alpha value is -2.93. The number of aromatic hydroxyl groups is 1. The summed E-state index contributed by atoms with van der Waals surface area (Å²) in [6.07, 6.45) is 2.58. The molecule has 1 heterocycles. The number of fused-ring (bicyclic) bond motifs is 1. The van der Waals surface area contributed by atoms with Crippen LogP contribution in [0.25, 0.3) is 0 Å². The van der Waals surface area contributed by atoms with E-state index in [-0.39, 0.29) is 11.6 Å². The van der Waals surface area contributed by atoms with Crippen LogP contribution in [0.3, 0.4) is 0 Å². The number of hydrogen-bond acceptors (Lipinski definition) is 5. The highest BCUT2D eigenvalue weighted by Crippen LogP contribution is 2.44. The van der Waals surface area contributed by atoms with Gasteiger partial charge in [-0.3, -0.25) is 0 Å². The Bertz CT molecular complexity index is 953. The van der Waals surface area contributed by atoms with E-state index in [9.17, 15) is 5.11 Å². The Balaban J connectivity index is 1.45. The number of phenols is 1. The van der Waals surface area contributed by atoms with Crippen LogP contribution in [0.1, 0.15) is 42.0 Å². The van der Waals surface area contributed by atoms with Crippen molar-refractivity contribution in [2.75, 3.05) is 19.8 Å². The SMILES string of the molecule is Cc1c(C)c2c(c(C)c1O)CCC(C)(CCOCCOc1ccc(N=C(N)N)cc1)O2. The van der Waals surface area contributed by atoms with Crippen molar-refractivity contribution in [1.82, 2.24) is 0 Å². The first-order valence-corrected chi connectivity index (χ1v) is 10.6. The first-order valence-electron chi connectivity index (χ1n) is 10.6. The Morgan fingerprint density at radius 1 is 1.06 bits per heavy atom. The lowest BCUT2D eigenvalue weighted by Crippen LogP contribution is -2.38. The van der Waals surface area contributed by atoms with Gasteiger partial charge in [0.1, 0.15) is 29.5 Å². The molecule has 0 aromatic heterocycles. The van der Waals surface area contributed by atoms with Crippen molar-refractivity contribution in [1.29, 1.82) is 0 Å². The van der Waals surface area contributed by atoms with E-state index < -0.39 is 0 Å². The van der Waals surface area contributed by atoms with Crippen LogP contribution < -0.4 is 20.9 Å². The Labute approximate surface area is 184 Å². The fourth-order valence-corrected chi connectivity index (χ4v) is 3.85. The molecule has 7 nitrogen and oxygen atoms in total. The zero-order valence-electron chi connectivity index (χ0n) is 18.8. The monoisotopic (exact) mass is 427 g/mol. The third-order valence-electron chi connectivity index (χ3n) is 5.96. The number of nitrogens with zero attached hydrogens (tertiary/aromatic N) is 1. The van der Waals surface area contributed by atoms with E-state index in [0.717, 1.165) is 53.0 Å². The predicted octanol–water partition coefficient (Wildman–Crippen LogP) is 3.79. The van der Waals surface area contributed by atoms with E-state index in [0.29, 0.717) is 31.3 Å². The molecule has 1 aliphatic heterocycles. The summed E-state index contributed by atoms with van der Waals surface area (Å²) in [6.45, 7) is 9.58. The van der Waals surface area contributed by atoms with Gasteiger partial charge in [-0.25, -0.2) is 4.99 Å². The Kier molecular flexibility index (Phi) is 6.95. The minimum atomic E-state index is -0.282. The van der Waals surface area contributed by atoms with Gasteiger partial charge in [-0.15, -0.1) is 0 Å². The number of nitrogens with two attached hydrogens (primary N) is 2. The third-order valence-corrected chi connectivity index (χ3v) is 5.96. The number of benzene rings is 2. The normalized spacial score (nSPS) is 17.5. The third kappa shape index (κ3) is 5.41. The van der Waals surface area contributed by atoms with Crippen molar-refractivity contribution in [3.8, 4) is 17.2 Å². The molecule has 0 aliphatic carbocycles. The summed E-state index contributed by atoms with van der Waals surface area (Å²) in [4.78, 5) is 3.97. The molecular formula is C24H33N3O4. The molecule has 5 N–H and O–H groups in total. The number of ether oxygens (including phenoxy) is 3. The van der Waals surface area contributed by atoms with Gasteiger partial charge in [-0.05, 0) is 81.5 Å². The van der Waals surface area contributed by atoms with Crippen LogP contribution in [0.5, 0.6) is 17.2 Å². The van der Waals surface area contributed by atoms with Gasteiger partial charge in [0, 0.05) is 12.0 Å². The maximum Gasteiger partial charge on any atom is 0.191 e. The lowest BCUT2D eigenvalue weighted by molar-refractivity contribution is 0.0129. The van der Waals surface area contributed by atoms with E-state index in [1.165, 1.54) is 0 Å². The van der Waals surface area contributed by atoms with E-state index in [4.69, 9.17) is 25.7 Å². The maximum absolute atomic E-state index is 10.3. The largest absolute Gasteiger partial charge is 0.507 e. The molecule has 0 radical (unpaired) electrons. The quantitative estimate of drug-likeness (QED) is 0.336. The van der Waals surface area contributed by atoms with Crippen molar-refractivity contribution >= 4 is 11.6 Å². The zero-order chi connectivity index (χ0) is 22.6. The van der Waals surface area contributed by atoms with Crippen molar-refractivity contribution in [2.45, 2.75) is 52.6 Å². The van der Waals surface area contributed by atoms with Crippen molar-refractivity contribution in [2.24, 2.45) is 16.5 Å². The summed E-state index contributed by atoms with van der Waals surface area (Å²) in [5.41, 5.74) is 15.1. The van der Waals surface area contributed by atoms with Crippen LogP contribution in [0.4, 0.5) is 5.69 Å². The standard InChI is InChI=1S/C24H33N3O4/c1-15-16(2)22-20(17(3)21(15)28)9-10-24(4,31-22)11-12-29-13-14-30-19-7-5-18(6-8-19)27-23(25)26/h5-8,28H,9-14H2,1-4H3,(H4,25,26,27). The number of rotatable bonds is 8. The molecule has 1 aliphatic rings. The summed E-state index contributed by atoms with van der Waals surface area (Å²) < 4.78 is 17.9. The molecule has 0 saturated carbocycles. The Morgan fingerprint density at radius 3 is 2.45 bits per heavy atom. The summed E-state index contributed by atoms with van der Waals surface area (Å²) in [5.74, 6) is 2.08. The molecule has 0 spiro atoms. The zero-order valence-corrected chi connectivity index (χ0v) is 18.8. The summed E-state index contributed by atoms with van der Waals surface area (Å²) in [5, 5.41) is 10.3. The fourth-order valence-electron chi connectivity index (χ4n) is 3.85.